The maximum Gasteiger partial charge on any atom is 4.00 e. The van der Waals surface area contributed by atoms with Gasteiger partial charge in [-0.2, -0.15) is 50.5 Å². The first kappa shape index (κ1) is 136. The van der Waals surface area contributed by atoms with E-state index in [0.717, 1.165) is 36.4 Å². The van der Waals surface area contributed by atoms with Crippen LogP contribution in [0, 0.1) is 0 Å². The maximum atomic E-state index is 10.8. The molecule has 0 unspecified atom stereocenters. The average Bonchev–Trinajstić information content (AvgIpc) is 0.851. The van der Waals surface area contributed by atoms with Crippen LogP contribution in [-0.2, 0) is 240 Å². The van der Waals surface area contributed by atoms with Crippen LogP contribution >= 0.6 is 0 Å². The second-order valence-corrected chi connectivity index (χ2v) is 24.9. The molecule has 62 heteroatoms. The summed E-state index contributed by atoms with van der Waals surface area (Å²) in [5, 5.41) is 125. The minimum absolute atomic E-state index is 0. The fraction of sp³-hybridized carbons (Fsp3) is 0. The van der Waals surface area contributed by atoms with Crippen LogP contribution in [0.1, 0.15) is 124 Å². The Morgan fingerprint density at radius 1 is 0.191 bits per heavy atom. The zero-order chi connectivity index (χ0) is 75.0. The number of carboxylic acids is 12. The minimum atomic E-state index is -4.85. The summed E-state index contributed by atoms with van der Waals surface area (Å²) in [6, 6.07) is 12.1. The van der Waals surface area contributed by atoms with Crippen molar-refractivity contribution >= 4 is 132 Å². The standard InChI is InChI=1S/6C8H6O7S.4H2O.4O.6Zr/c6*9-7(10)4-1-2-5(8(11)12)6(3-4)16(13,14)15;;;;;;;;;;;;;;/h6*1-3H,(H,9,10)(H,11,12)(H,13,14,15);4*1H2;;;;;;;;;;/q;;;;;;;;;;4*-2;6*+4/p-16. The van der Waals surface area contributed by atoms with Crippen LogP contribution in [0.2, 0.25) is 0 Å². The molecule has 0 aromatic heterocycles. The van der Waals surface area contributed by atoms with E-state index < -0.39 is 228 Å². The molecule has 0 aliphatic rings. The summed E-state index contributed by atoms with van der Waals surface area (Å²) in [5.41, 5.74) is -8.39. The Morgan fingerprint density at radius 2 is 0.273 bits per heavy atom. The molecule has 0 aliphatic carbocycles. The second-order valence-electron chi connectivity index (χ2n) is 16.6. The van der Waals surface area contributed by atoms with Crippen molar-refractivity contribution < 1.29 is 398 Å². The summed E-state index contributed by atoms with van der Waals surface area (Å²) in [4.78, 5) is 119. The van der Waals surface area contributed by atoms with Gasteiger partial charge in [0.25, 0.3) is 60.7 Å². The van der Waals surface area contributed by atoms with Gasteiger partial charge in [0.15, 0.2) is 0 Å². The van der Waals surface area contributed by atoms with Crippen molar-refractivity contribution in [1.82, 2.24) is 0 Å². The first-order valence-electron chi connectivity index (χ1n) is 22.6. The van der Waals surface area contributed by atoms with Gasteiger partial charge in [0.05, 0.1) is 71.6 Å². The molecule has 0 radical (unpaired) electrons. The van der Waals surface area contributed by atoms with Crippen LogP contribution < -0.4 is 61.3 Å². The summed E-state index contributed by atoms with van der Waals surface area (Å²) >= 11 is 0. The van der Waals surface area contributed by atoms with Crippen LogP contribution in [0.5, 0.6) is 0 Å². The topological polar surface area (TPSA) is 1040 Å². The molecule has 110 heavy (non-hydrogen) atoms. The number of carbonyl (C=O) groups is 12. The van der Waals surface area contributed by atoms with Gasteiger partial charge < -0.3 is 163 Å². The van der Waals surface area contributed by atoms with Gasteiger partial charge in [-0.3, -0.25) is 27.3 Å². The number of hydrogen-bond donors (Lipinski definition) is 6. The molecule has 0 bridgehead atoms. The van der Waals surface area contributed by atoms with Crippen LogP contribution in [0.25, 0.3) is 0 Å². The number of carboxylic acid groups (broad SMARTS) is 12. The van der Waals surface area contributed by atoms with Gasteiger partial charge >= 0.3 is 157 Å². The van der Waals surface area contributed by atoms with Gasteiger partial charge in [0, 0.05) is 33.4 Å². The van der Waals surface area contributed by atoms with E-state index in [9.17, 15) is 169 Å². The number of hydrogen-bond acceptors (Lipinski definition) is 40. The third kappa shape index (κ3) is 42.3. The van der Waals surface area contributed by atoms with Crippen LogP contribution in [0.4, 0.5) is 0 Å². The van der Waals surface area contributed by atoms with Crippen molar-refractivity contribution in [3.63, 3.8) is 0 Å². The van der Waals surface area contributed by atoms with E-state index >= 15 is 0 Å². The molecule has 580 valence electrons. The molecule has 10 N–H and O–H groups in total. The first-order chi connectivity index (χ1) is 43.4. The predicted molar refractivity (Wildman–Crippen MR) is 280 cm³/mol. The number of benzene rings is 6. The third-order valence-corrected chi connectivity index (χ3v) is 15.7. The monoisotopic (exact) mass is 2140 g/mol. The number of carbonyl (C=O) groups excluding carboxylic acids is 12. The summed E-state index contributed by atoms with van der Waals surface area (Å²) in [5.74, 6) is -21.3. The van der Waals surface area contributed by atoms with Gasteiger partial charge in [-0.05, 0) is 69.8 Å². The van der Waals surface area contributed by atoms with E-state index in [0.29, 0.717) is 72.8 Å². The molecule has 0 aliphatic heterocycles. The SMILES string of the molecule is O=C([O-])c1ccc(C(=O)[O-])c(S(=O)(=O)O)c1.O=C([O-])c1ccc(C(=O)[O-])c(S(=O)(=O)O)c1.O=C([O-])c1ccc(C(=O)[O-])c(S(=O)(=O)O)c1.O=C([O-])c1ccc(C(=O)[O-])c(S(=O)(=O)O)c1.O=C([O-])c1ccc(C(=O)[O-])c(S(=O)(=O)O)c1.O=C([O-])c1ccc(C(=O)[O-])c(S(=O)(=O)O)c1.[O-2].[O-2].[O-2].[O-2].[OH-].[OH-].[OH-].[OH-].[Zr+4].[Zr+4].[Zr+4].[Zr+4].[Zr+4].[Zr+4]. The molecule has 0 fully saturated rings. The Hall–Kier alpha value is -6.60. The molecular weight excluding hydrogens is 2120 g/mol. The molecule has 6 aromatic carbocycles. The van der Waals surface area contributed by atoms with E-state index in [1.54, 1.807) is 0 Å². The number of aromatic carboxylic acids is 12. The molecule has 0 amide bonds. The quantitative estimate of drug-likeness (QED) is 0.0435. The normalized spacial score (nSPS) is 9.65. The zero-order valence-electron chi connectivity index (χ0n) is 51.6. The zero-order valence-corrected chi connectivity index (χ0v) is 71.3. The summed E-state index contributed by atoms with van der Waals surface area (Å²) < 4.78 is 182. The Labute approximate surface area is 727 Å². The predicted octanol–water partition coefficient (Wildman–Crippen LogP) is -15.2. The van der Waals surface area contributed by atoms with Crippen molar-refractivity contribution in [2.75, 3.05) is 0 Å². The van der Waals surface area contributed by atoms with E-state index in [1.165, 1.54) is 0 Å². The fourth-order valence-corrected chi connectivity index (χ4v) is 10.4. The van der Waals surface area contributed by atoms with Crippen molar-refractivity contribution in [1.29, 1.82) is 0 Å². The van der Waals surface area contributed by atoms with Crippen molar-refractivity contribution in [2.45, 2.75) is 29.4 Å². The molecule has 50 nitrogen and oxygen atoms in total. The smallest absolute Gasteiger partial charge is 2.00 e. The fourth-order valence-electron chi connectivity index (χ4n) is 6.19. The number of rotatable bonds is 18. The van der Waals surface area contributed by atoms with E-state index in [4.69, 9.17) is 27.3 Å². The van der Waals surface area contributed by atoms with Gasteiger partial charge in [0.2, 0.25) is 0 Å². The molecule has 0 saturated carbocycles. The van der Waals surface area contributed by atoms with Gasteiger partial charge in [-0.15, -0.1) is 0 Å². The van der Waals surface area contributed by atoms with Gasteiger partial charge in [0.1, 0.15) is 29.4 Å². The Kier molecular flexibility index (Phi) is 68.8. The van der Waals surface area contributed by atoms with Gasteiger partial charge in [-0.1, -0.05) is 72.8 Å². The Balaban J connectivity index is -0.0000000817. The molecule has 6 aromatic rings. The van der Waals surface area contributed by atoms with Gasteiger partial charge in [-0.25, -0.2) is 0 Å². The van der Waals surface area contributed by atoms with E-state index in [1.807, 2.05) is 0 Å². The molecule has 0 spiro atoms. The maximum absolute atomic E-state index is 10.8. The van der Waals surface area contributed by atoms with E-state index in [2.05, 4.69) is 0 Å². The van der Waals surface area contributed by atoms with Crippen molar-refractivity contribution in [2.24, 2.45) is 0 Å². The average molecular weight is 2140 g/mol. The third-order valence-electron chi connectivity index (χ3n) is 10.3. The van der Waals surface area contributed by atoms with Crippen LogP contribution in [-0.4, -0.2) is 171 Å². The summed E-state index contributed by atoms with van der Waals surface area (Å²) in [7, 11) is -29.1. The molecule has 0 atom stereocenters. The Bertz CT molecular complexity index is 4190. The summed E-state index contributed by atoms with van der Waals surface area (Å²) in [6.45, 7) is 0. The van der Waals surface area contributed by atoms with Crippen molar-refractivity contribution in [3.8, 4) is 0 Å². The van der Waals surface area contributed by atoms with Crippen LogP contribution in [0.15, 0.2) is 139 Å². The molecular formula is C48H28O50S6Zr6. The Morgan fingerprint density at radius 3 is 0.327 bits per heavy atom. The van der Waals surface area contributed by atoms with E-state index in [-0.39, 0.29) is 201 Å². The first-order valence-corrected chi connectivity index (χ1v) is 31.3. The molecule has 0 saturated heterocycles. The minimum Gasteiger partial charge on any atom is -2.00 e. The van der Waals surface area contributed by atoms with Crippen LogP contribution in [0.3, 0.4) is 0 Å². The largest absolute Gasteiger partial charge is 4.00 e. The van der Waals surface area contributed by atoms with Crippen molar-refractivity contribution in [3.05, 3.63) is 176 Å². The molecule has 6 rings (SSSR count). The summed E-state index contributed by atoms with van der Waals surface area (Å²) in [6.07, 6.45) is 0. The second kappa shape index (κ2) is 55.8. The molecule has 0 heterocycles.